The van der Waals surface area contributed by atoms with E-state index in [-0.39, 0.29) is 0 Å². The number of nitrogens with two attached hydrogens (primary N) is 1. The maximum atomic E-state index is 5.27. The fourth-order valence-electron chi connectivity index (χ4n) is 0. The van der Waals surface area contributed by atoms with Crippen LogP contribution in [0.2, 0.25) is 0 Å². The van der Waals surface area contributed by atoms with Crippen LogP contribution in [-0.4, -0.2) is 9.83 Å². The van der Waals surface area contributed by atoms with Gasteiger partial charge >= 0.3 is 0 Å². The second-order valence-electron chi connectivity index (χ2n) is 1.33. The van der Waals surface area contributed by atoms with E-state index in [1.807, 2.05) is 0 Å². The highest BCUT2D eigenvalue weighted by atomic mass is 35.6. The first-order valence-corrected chi connectivity index (χ1v) is 2.90. The van der Waals surface area contributed by atoms with Gasteiger partial charge < -0.3 is 5.73 Å². The van der Waals surface area contributed by atoms with E-state index in [4.69, 9.17) is 40.5 Å². The molecule has 0 aromatic carbocycles. The molecule has 2 N–H and O–H groups in total. The van der Waals surface area contributed by atoms with Gasteiger partial charge in [-0.25, -0.2) is 0 Å². The maximum absolute atomic E-state index is 5.27. The van der Waals surface area contributed by atoms with Crippen LogP contribution in [0.4, 0.5) is 0 Å². The molecule has 0 aromatic rings. The van der Waals surface area contributed by atoms with E-state index in [1.54, 1.807) is 6.92 Å². The fraction of sp³-hybridized carbons (Fsp3) is 1.00. The largest absolute Gasteiger partial charge is 0.324 e. The van der Waals surface area contributed by atoms with Crippen molar-refractivity contribution in [2.45, 2.75) is 16.8 Å². The predicted octanol–water partition coefficient (Wildman–Crippen LogP) is 1.70. The lowest BCUT2D eigenvalue weighted by Crippen LogP contribution is -2.30. The highest BCUT2D eigenvalue weighted by molar-refractivity contribution is 6.68. The summed E-state index contributed by atoms with van der Waals surface area (Å²) in [6.07, 6.45) is 0. The van der Waals surface area contributed by atoms with E-state index >= 15 is 0 Å². The van der Waals surface area contributed by atoms with Crippen LogP contribution in [0.3, 0.4) is 0 Å². The summed E-state index contributed by atoms with van der Waals surface area (Å²) in [6.45, 7) is 1.63. The summed E-state index contributed by atoms with van der Waals surface area (Å²) < 4.78 is -1.31. The van der Waals surface area contributed by atoms with Gasteiger partial charge in [-0.2, -0.15) is 0 Å². The Morgan fingerprint density at radius 1 is 1.43 bits per heavy atom. The second-order valence-corrected chi connectivity index (χ2v) is 3.70. The van der Waals surface area contributed by atoms with Gasteiger partial charge in [0.15, 0.2) is 0 Å². The van der Waals surface area contributed by atoms with Crippen molar-refractivity contribution < 1.29 is 0 Å². The minimum Gasteiger partial charge on any atom is -0.324 e. The van der Waals surface area contributed by atoms with E-state index in [9.17, 15) is 0 Å². The Labute approximate surface area is 57.7 Å². The molecule has 0 unspecified atom stereocenters. The summed E-state index contributed by atoms with van der Waals surface area (Å²) in [5, 5.41) is 0. The Bertz CT molecular complexity index is 55.7. The van der Waals surface area contributed by atoms with Crippen LogP contribution in [0.25, 0.3) is 0 Å². The van der Waals surface area contributed by atoms with E-state index in [1.165, 1.54) is 0 Å². The van der Waals surface area contributed by atoms with Crippen molar-refractivity contribution in [3.05, 3.63) is 0 Å². The van der Waals surface area contributed by atoms with Crippen molar-refractivity contribution in [3.8, 4) is 0 Å². The summed E-state index contributed by atoms with van der Waals surface area (Å²) in [5.74, 6) is 0. The zero-order valence-corrected chi connectivity index (χ0v) is 6.06. The molecular formula is C3H6Cl3N. The lowest BCUT2D eigenvalue weighted by atomic mass is 10.4. The van der Waals surface area contributed by atoms with Crippen molar-refractivity contribution in [2.24, 2.45) is 5.73 Å². The minimum atomic E-state index is -1.31. The van der Waals surface area contributed by atoms with Gasteiger partial charge in [-0.3, -0.25) is 0 Å². The molecule has 1 atom stereocenters. The monoisotopic (exact) mass is 161 g/mol. The molecular weight excluding hydrogens is 156 g/mol. The Morgan fingerprint density at radius 2 is 1.57 bits per heavy atom. The third-order valence-electron chi connectivity index (χ3n) is 0.516. The van der Waals surface area contributed by atoms with E-state index in [0.717, 1.165) is 0 Å². The molecule has 0 rings (SSSR count). The summed E-state index contributed by atoms with van der Waals surface area (Å²) in [6, 6.07) is -0.405. The molecule has 44 valence electrons. The van der Waals surface area contributed by atoms with Crippen LogP contribution in [-0.2, 0) is 0 Å². The first kappa shape index (κ1) is 7.83. The quantitative estimate of drug-likeness (QED) is 0.539. The van der Waals surface area contributed by atoms with Crippen molar-refractivity contribution in [1.82, 2.24) is 0 Å². The standard InChI is InChI=1S/C3H6Cl3N/c1-2(7)3(4,5)6/h2H,7H2,1H3/t2-/m0/s1. The molecule has 7 heavy (non-hydrogen) atoms. The van der Waals surface area contributed by atoms with Crippen molar-refractivity contribution in [1.29, 1.82) is 0 Å². The van der Waals surface area contributed by atoms with Crippen LogP contribution in [0, 0.1) is 0 Å². The van der Waals surface area contributed by atoms with Gasteiger partial charge in [0.2, 0.25) is 3.79 Å². The molecule has 0 saturated carbocycles. The third kappa shape index (κ3) is 3.42. The summed E-state index contributed by atoms with van der Waals surface area (Å²) in [4.78, 5) is 0. The zero-order chi connectivity index (χ0) is 6.08. The molecule has 0 radical (unpaired) electrons. The van der Waals surface area contributed by atoms with Gasteiger partial charge in [-0.15, -0.1) is 0 Å². The molecule has 0 aliphatic rings. The number of alkyl halides is 3. The maximum Gasteiger partial charge on any atom is 0.205 e. The average molecular weight is 162 g/mol. The van der Waals surface area contributed by atoms with Gasteiger partial charge in [-0.1, -0.05) is 34.8 Å². The van der Waals surface area contributed by atoms with Gasteiger partial charge in [0, 0.05) is 6.04 Å². The van der Waals surface area contributed by atoms with Gasteiger partial charge in [-0.05, 0) is 6.92 Å². The highest BCUT2D eigenvalue weighted by Gasteiger charge is 2.24. The molecule has 0 amide bonds. The minimum absolute atomic E-state index is 0.405. The van der Waals surface area contributed by atoms with E-state index in [2.05, 4.69) is 0 Å². The van der Waals surface area contributed by atoms with Gasteiger partial charge in [0.1, 0.15) is 0 Å². The molecule has 1 nitrogen and oxygen atoms in total. The SMILES string of the molecule is C[C@H](N)C(Cl)(Cl)Cl. The summed E-state index contributed by atoms with van der Waals surface area (Å²) in [5.41, 5.74) is 5.17. The molecule has 0 heterocycles. The molecule has 4 heteroatoms. The molecule has 0 aliphatic heterocycles. The number of halogens is 3. The van der Waals surface area contributed by atoms with Crippen LogP contribution < -0.4 is 5.73 Å². The molecule has 0 fully saturated rings. The van der Waals surface area contributed by atoms with Crippen molar-refractivity contribution in [3.63, 3.8) is 0 Å². The van der Waals surface area contributed by atoms with Crippen molar-refractivity contribution in [2.75, 3.05) is 0 Å². The van der Waals surface area contributed by atoms with Crippen LogP contribution in [0.15, 0.2) is 0 Å². The fourth-order valence-corrected chi connectivity index (χ4v) is 0. The number of hydrogen-bond donors (Lipinski definition) is 1. The molecule has 0 saturated heterocycles. The Hall–Kier alpha value is 0.830. The topological polar surface area (TPSA) is 26.0 Å². The summed E-state index contributed by atoms with van der Waals surface area (Å²) >= 11 is 15.8. The lowest BCUT2D eigenvalue weighted by molar-refractivity contribution is 0.764. The molecule has 0 aromatic heterocycles. The van der Waals surface area contributed by atoms with E-state index < -0.39 is 9.83 Å². The lowest BCUT2D eigenvalue weighted by Gasteiger charge is -2.13. The van der Waals surface area contributed by atoms with Crippen LogP contribution in [0.5, 0.6) is 0 Å². The number of rotatable bonds is 0. The molecule has 0 bridgehead atoms. The Kier molecular flexibility index (Phi) is 2.69. The normalized spacial score (nSPS) is 16.7. The zero-order valence-electron chi connectivity index (χ0n) is 3.79. The Morgan fingerprint density at radius 3 is 1.57 bits per heavy atom. The average Bonchev–Trinajstić information content (AvgIpc) is 1.31. The van der Waals surface area contributed by atoms with E-state index in [0.29, 0.717) is 0 Å². The first-order chi connectivity index (χ1) is 2.94. The van der Waals surface area contributed by atoms with Crippen LogP contribution in [0.1, 0.15) is 6.92 Å². The molecule has 0 spiro atoms. The third-order valence-corrected chi connectivity index (χ3v) is 1.55. The first-order valence-electron chi connectivity index (χ1n) is 1.77. The van der Waals surface area contributed by atoms with Crippen molar-refractivity contribution >= 4 is 34.8 Å². The van der Waals surface area contributed by atoms with Gasteiger partial charge in [0.25, 0.3) is 0 Å². The number of hydrogen-bond acceptors (Lipinski definition) is 1. The highest BCUT2D eigenvalue weighted by Crippen LogP contribution is 2.28. The molecule has 0 aliphatic carbocycles. The second kappa shape index (κ2) is 2.40. The smallest absolute Gasteiger partial charge is 0.205 e. The van der Waals surface area contributed by atoms with Gasteiger partial charge in [0.05, 0.1) is 0 Å². The van der Waals surface area contributed by atoms with Crippen LogP contribution >= 0.6 is 34.8 Å². The predicted molar refractivity (Wildman–Crippen MR) is 33.9 cm³/mol. The summed E-state index contributed by atoms with van der Waals surface area (Å²) in [7, 11) is 0. The Balaban J connectivity index is 3.54.